The fraction of sp³-hybridized carbons (Fsp3) is 1.00. The van der Waals surface area contributed by atoms with Crippen molar-refractivity contribution in [2.24, 2.45) is 0 Å². The zero-order chi connectivity index (χ0) is 6.91. The van der Waals surface area contributed by atoms with E-state index in [1.807, 2.05) is 7.05 Å². The van der Waals surface area contributed by atoms with Gasteiger partial charge in [0.2, 0.25) is 0 Å². The van der Waals surface area contributed by atoms with Crippen molar-refractivity contribution in [3.05, 3.63) is 0 Å². The van der Waals surface area contributed by atoms with Gasteiger partial charge >= 0.3 is 0 Å². The molecule has 0 aromatic rings. The molecular formula is C7H15NS. The molecule has 1 aliphatic rings. The van der Waals surface area contributed by atoms with Gasteiger partial charge in [0, 0.05) is 10.8 Å². The summed E-state index contributed by atoms with van der Waals surface area (Å²) in [4.78, 5) is 0. The fourth-order valence-electron chi connectivity index (χ4n) is 0.966. The number of nitrogens with one attached hydrogen (secondary N) is 1. The van der Waals surface area contributed by atoms with Gasteiger partial charge in [0.15, 0.2) is 0 Å². The van der Waals surface area contributed by atoms with E-state index < -0.39 is 0 Å². The first-order valence-corrected chi connectivity index (χ1v) is 4.52. The van der Waals surface area contributed by atoms with Gasteiger partial charge in [0.05, 0.1) is 0 Å². The molecule has 0 amide bonds. The zero-order valence-electron chi connectivity index (χ0n) is 6.40. The van der Waals surface area contributed by atoms with Crippen LogP contribution in [0, 0.1) is 0 Å². The number of rotatable bonds is 2. The maximum absolute atomic E-state index is 3.32. The molecule has 1 fully saturated rings. The average molecular weight is 145 g/mol. The Kier molecular flexibility index (Phi) is 2.07. The molecule has 1 rings (SSSR count). The predicted molar refractivity (Wildman–Crippen MR) is 44.0 cm³/mol. The van der Waals surface area contributed by atoms with Crippen LogP contribution in [-0.2, 0) is 0 Å². The summed E-state index contributed by atoms with van der Waals surface area (Å²) in [7, 11) is 2.04. The third-order valence-electron chi connectivity index (χ3n) is 2.15. The smallest absolute Gasteiger partial charge is 0.0241 e. The monoisotopic (exact) mass is 145 g/mol. The number of hydrogen-bond acceptors (Lipinski definition) is 2. The van der Waals surface area contributed by atoms with Crippen LogP contribution in [0.3, 0.4) is 0 Å². The van der Waals surface area contributed by atoms with Gasteiger partial charge in [-0.15, -0.1) is 0 Å². The minimum Gasteiger partial charge on any atom is -0.314 e. The Morgan fingerprint density at radius 2 is 2.11 bits per heavy atom. The van der Waals surface area contributed by atoms with Crippen molar-refractivity contribution in [3.63, 3.8) is 0 Å². The molecule has 0 spiro atoms. The maximum atomic E-state index is 3.32. The van der Waals surface area contributed by atoms with Crippen LogP contribution < -0.4 is 5.32 Å². The second-order valence-electron chi connectivity index (χ2n) is 3.12. The molecule has 0 radical (unpaired) electrons. The topological polar surface area (TPSA) is 12.0 Å². The van der Waals surface area contributed by atoms with E-state index in [2.05, 4.69) is 30.9 Å². The number of thioether (sulfide) groups is 1. The lowest BCUT2D eigenvalue weighted by Crippen LogP contribution is -2.49. The van der Waals surface area contributed by atoms with Crippen molar-refractivity contribution in [2.45, 2.75) is 31.1 Å². The molecule has 9 heavy (non-hydrogen) atoms. The quantitative estimate of drug-likeness (QED) is 0.632. The van der Waals surface area contributed by atoms with E-state index in [-0.39, 0.29) is 0 Å². The minimum absolute atomic E-state index is 0.350. The van der Waals surface area contributed by atoms with E-state index in [1.165, 1.54) is 12.2 Å². The van der Waals surface area contributed by atoms with Crippen molar-refractivity contribution in [1.29, 1.82) is 0 Å². The summed E-state index contributed by atoms with van der Waals surface area (Å²) in [5, 5.41) is 4.17. The summed E-state index contributed by atoms with van der Waals surface area (Å²) in [6, 6.07) is 0. The molecule has 0 aliphatic carbocycles. The molecule has 0 bridgehead atoms. The van der Waals surface area contributed by atoms with E-state index >= 15 is 0 Å². The molecule has 1 aliphatic heterocycles. The lowest BCUT2D eigenvalue weighted by Gasteiger charge is -2.39. The minimum atomic E-state index is 0.350. The van der Waals surface area contributed by atoms with E-state index in [1.54, 1.807) is 0 Å². The molecule has 0 aromatic carbocycles. The van der Waals surface area contributed by atoms with Crippen molar-refractivity contribution in [2.75, 3.05) is 12.8 Å². The Bertz CT molecular complexity index is 97.1. The van der Waals surface area contributed by atoms with Crippen LogP contribution in [0.25, 0.3) is 0 Å². The Morgan fingerprint density at radius 3 is 2.22 bits per heavy atom. The molecule has 2 heteroatoms. The lowest BCUT2D eigenvalue weighted by molar-refractivity contribution is 0.391. The Hall–Kier alpha value is 0.310. The van der Waals surface area contributed by atoms with Gasteiger partial charge in [-0.1, -0.05) is 0 Å². The van der Waals surface area contributed by atoms with E-state index in [4.69, 9.17) is 0 Å². The molecule has 0 aromatic heterocycles. The third-order valence-corrected chi connectivity index (χ3v) is 3.85. The molecule has 0 saturated carbocycles. The highest BCUT2D eigenvalue weighted by Crippen LogP contribution is 2.35. The summed E-state index contributed by atoms with van der Waals surface area (Å²) in [5.41, 5.74) is 0.350. The maximum Gasteiger partial charge on any atom is 0.0241 e. The molecule has 1 atom stereocenters. The SMILES string of the molecule is CNC(C)(C)C1CCS1. The van der Waals surface area contributed by atoms with Gasteiger partial charge in [-0.05, 0) is 33.1 Å². The predicted octanol–water partition coefficient (Wildman–Crippen LogP) is 1.49. The molecule has 1 nitrogen and oxygen atoms in total. The molecule has 54 valence electrons. The van der Waals surface area contributed by atoms with Crippen LogP contribution in [-0.4, -0.2) is 23.6 Å². The molecule has 1 unspecified atom stereocenters. The second-order valence-corrected chi connectivity index (χ2v) is 4.43. The van der Waals surface area contributed by atoms with Gasteiger partial charge in [-0.2, -0.15) is 11.8 Å². The van der Waals surface area contributed by atoms with Crippen LogP contribution in [0.5, 0.6) is 0 Å². The van der Waals surface area contributed by atoms with Crippen LogP contribution in [0.15, 0.2) is 0 Å². The molecule has 1 N–H and O–H groups in total. The highest BCUT2D eigenvalue weighted by atomic mass is 32.2. The van der Waals surface area contributed by atoms with Crippen molar-refractivity contribution < 1.29 is 0 Å². The molecule has 1 heterocycles. The van der Waals surface area contributed by atoms with Gasteiger partial charge in [0.1, 0.15) is 0 Å². The normalized spacial score (nSPS) is 27.7. The Labute approximate surface area is 61.6 Å². The van der Waals surface area contributed by atoms with E-state index in [0.717, 1.165) is 5.25 Å². The Balaban J connectivity index is 2.37. The standard InChI is InChI=1S/C7H15NS/c1-7(2,8-3)6-4-5-9-6/h6,8H,4-5H2,1-3H3. The van der Waals surface area contributed by atoms with Crippen LogP contribution >= 0.6 is 11.8 Å². The summed E-state index contributed by atoms with van der Waals surface area (Å²) in [5.74, 6) is 1.36. The van der Waals surface area contributed by atoms with Crippen molar-refractivity contribution in [3.8, 4) is 0 Å². The highest BCUT2D eigenvalue weighted by molar-refractivity contribution is 8.01. The van der Waals surface area contributed by atoms with Gasteiger partial charge in [-0.3, -0.25) is 0 Å². The largest absolute Gasteiger partial charge is 0.314 e. The first-order valence-electron chi connectivity index (χ1n) is 3.47. The summed E-state index contributed by atoms with van der Waals surface area (Å²) < 4.78 is 0. The van der Waals surface area contributed by atoms with E-state index in [9.17, 15) is 0 Å². The van der Waals surface area contributed by atoms with Crippen LogP contribution in [0.2, 0.25) is 0 Å². The van der Waals surface area contributed by atoms with Crippen molar-refractivity contribution in [1.82, 2.24) is 5.32 Å². The molecular weight excluding hydrogens is 130 g/mol. The van der Waals surface area contributed by atoms with Gasteiger partial charge < -0.3 is 5.32 Å². The highest BCUT2D eigenvalue weighted by Gasteiger charge is 2.32. The van der Waals surface area contributed by atoms with Gasteiger partial charge in [0.25, 0.3) is 0 Å². The Morgan fingerprint density at radius 1 is 1.56 bits per heavy atom. The van der Waals surface area contributed by atoms with Crippen LogP contribution in [0.1, 0.15) is 20.3 Å². The number of hydrogen-bond donors (Lipinski definition) is 1. The summed E-state index contributed by atoms with van der Waals surface area (Å²) in [6.45, 7) is 4.54. The summed E-state index contributed by atoms with van der Waals surface area (Å²) >= 11 is 2.07. The van der Waals surface area contributed by atoms with E-state index in [0.29, 0.717) is 5.54 Å². The fourth-order valence-corrected chi connectivity index (χ4v) is 1.97. The average Bonchev–Trinajstić information content (AvgIpc) is 1.60. The zero-order valence-corrected chi connectivity index (χ0v) is 7.22. The molecule has 1 saturated heterocycles. The lowest BCUT2D eigenvalue weighted by atomic mass is 9.98. The van der Waals surface area contributed by atoms with Gasteiger partial charge in [-0.25, -0.2) is 0 Å². The first-order chi connectivity index (χ1) is 4.17. The second kappa shape index (κ2) is 2.51. The first kappa shape index (κ1) is 7.42. The van der Waals surface area contributed by atoms with Crippen molar-refractivity contribution >= 4 is 11.8 Å². The third kappa shape index (κ3) is 1.41. The summed E-state index contributed by atoms with van der Waals surface area (Å²) in [6.07, 6.45) is 1.39. The van der Waals surface area contributed by atoms with Crippen LogP contribution in [0.4, 0.5) is 0 Å².